The van der Waals surface area contributed by atoms with Gasteiger partial charge in [0.05, 0.1) is 13.3 Å². The molecule has 4 N–H and O–H groups in total. The van der Waals surface area contributed by atoms with E-state index in [2.05, 4.69) is 31.4 Å². The van der Waals surface area contributed by atoms with Crippen molar-refractivity contribution in [2.24, 2.45) is 5.10 Å². The summed E-state index contributed by atoms with van der Waals surface area (Å²) in [6, 6.07) is 3.39. The van der Waals surface area contributed by atoms with E-state index in [-0.39, 0.29) is 5.75 Å². The number of aromatic nitrogens is 1. The lowest BCUT2D eigenvalue weighted by atomic mass is 10.2. The van der Waals surface area contributed by atoms with Gasteiger partial charge in [0, 0.05) is 15.4 Å². The lowest BCUT2D eigenvalue weighted by Crippen LogP contribution is -1.93. The minimum absolute atomic E-state index is 0.0231. The number of halogens is 1. The predicted molar refractivity (Wildman–Crippen MR) is 80.1 cm³/mol. The van der Waals surface area contributed by atoms with Gasteiger partial charge in [0.15, 0.2) is 11.5 Å². The lowest BCUT2D eigenvalue weighted by Gasteiger charge is -2.06. The van der Waals surface area contributed by atoms with Crippen molar-refractivity contribution in [3.05, 3.63) is 27.5 Å². The normalized spacial score (nSPS) is 10.8. The minimum atomic E-state index is 0.0231. The van der Waals surface area contributed by atoms with Crippen LogP contribution in [0.3, 0.4) is 0 Å². The number of nitrogens with two attached hydrogens (primary N) is 1. The third-order valence-corrected chi connectivity index (χ3v) is 3.40. The molecule has 100 valence electrons. The first kappa shape index (κ1) is 13.6. The van der Waals surface area contributed by atoms with Gasteiger partial charge in [-0.25, -0.2) is 4.98 Å². The summed E-state index contributed by atoms with van der Waals surface area (Å²) in [5.74, 6) is 0.832. The summed E-state index contributed by atoms with van der Waals surface area (Å²) in [7, 11) is 1.49. The number of phenolic OH excluding ortho intramolecular Hbond substituents is 1. The van der Waals surface area contributed by atoms with Gasteiger partial charge in [-0.1, -0.05) is 15.9 Å². The van der Waals surface area contributed by atoms with E-state index in [0.717, 1.165) is 4.47 Å². The fourth-order valence-corrected chi connectivity index (χ4v) is 2.35. The minimum Gasteiger partial charge on any atom is -0.504 e. The topological polar surface area (TPSA) is 92.8 Å². The zero-order valence-corrected chi connectivity index (χ0v) is 12.3. The number of phenols is 1. The molecule has 2 rings (SSSR count). The fourth-order valence-electron chi connectivity index (χ4n) is 1.34. The summed E-state index contributed by atoms with van der Waals surface area (Å²) in [6.07, 6.45) is 1.47. The van der Waals surface area contributed by atoms with Gasteiger partial charge in [-0.2, -0.15) is 5.10 Å². The molecule has 0 radical (unpaired) electrons. The number of aromatic hydroxyl groups is 1. The average molecular weight is 343 g/mol. The van der Waals surface area contributed by atoms with Crippen LogP contribution in [0.4, 0.5) is 10.9 Å². The smallest absolute Gasteiger partial charge is 0.205 e. The second-order valence-corrected chi connectivity index (χ2v) is 5.27. The van der Waals surface area contributed by atoms with Gasteiger partial charge in [-0.05, 0) is 12.1 Å². The molecule has 8 heteroatoms. The number of nitrogens with zero attached hydrogens (tertiary/aromatic N) is 2. The molecule has 2 aromatic rings. The highest BCUT2D eigenvalue weighted by molar-refractivity contribution is 9.10. The van der Waals surface area contributed by atoms with E-state index in [1.807, 2.05) is 0 Å². The van der Waals surface area contributed by atoms with E-state index >= 15 is 0 Å². The number of anilines is 2. The molecule has 0 amide bonds. The van der Waals surface area contributed by atoms with Gasteiger partial charge in [0.25, 0.3) is 0 Å². The molecular formula is C11H11BrN4O2S. The largest absolute Gasteiger partial charge is 0.504 e. The number of nitrogens with one attached hydrogen (secondary N) is 1. The predicted octanol–water partition coefficient (Wildman–Crippen LogP) is 2.65. The number of hydrazone groups is 1. The van der Waals surface area contributed by atoms with Crippen molar-refractivity contribution in [1.29, 1.82) is 0 Å². The van der Waals surface area contributed by atoms with Crippen molar-refractivity contribution in [3.63, 3.8) is 0 Å². The SMILES string of the molecule is COc1cc(Br)cc(C=NNc2nc(N)cs2)c1O. The lowest BCUT2D eigenvalue weighted by molar-refractivity contribution is 0.373. The van der Waals surface area contributed by atoms with Crippen LogP contribution in [0.1, 0.15) is 5.56 Å². The molecule has 0 aliphatic carbocycles. The van der Waals surface area contributed by atoms with E-state index < -0.39 is 0 Å². The molecule has 1 heterocycles. The number of hydrogen-bond acceptors (Lipinski definition) is 7. The fraction of sp³-hybridized carbons (Fsp3) is 0.0909. The molecule has 19 heavy (non-hydrogen) atoms. The second kappa shape index (κ2) is 5.89. The Morgan fingerprint density at radius 2 is 2.37 bits per heavy atom. The Morgan fingerprint density at radius 3 is 3.00 bits per heavy atom. The van der Waals surface area contributed by atoms with Crippen LogP contribution < -0.4 is 15.9 Å². The maximum atomic E-state index is 9.92. The summed E-state index contributed by atoms with van der Waals surface area (Å²) in [5.41, 5.74) is 8.73. The van der Waals surface area contributed by atoms with Crippen molar-refractivity contribution < 1.29 is 9.84 Å². The summed E-state index contributed by atoms with van der Waals surface area (Å²) in [4.78, 5) is 3.99. The van der Waals surface area contributed by atoms with Crippen molar-refractivity contribution in [3.8, 4) is 11.5 Å². The van der Waals surface area contributed by atoms with Crippen LogP contribution in [0.2, 0.25) is 0 Å². The van der Waals surface area contributed by atoms with E-state index in [9.17, 15) is 5.11 Å². The molecule has 1 aromatic heterocycles. The first-order chi connectivity index (χ1) is 9.10. The van der Waals surface area contributed by atoms with Crippen LogP contribution in [0.25, 0.3) is 0 Å². The van der Waals surface area contributed by atoms with E-state index in [4.69, 9.17) is 10.5 Å². The van der Waals surface area contributed by atoms with Crippen LogP contribution >= 0.6 is 27.3 Å². The number of nitrogen functional groups attached to an aromatic ring is 1. The molecule has 6 nitrogen and oxygen atoms in total. The third kappa shape index (κ3) is 3.36. The summed E-state index contributed by atoms with van der Waals surface area (Å²) < 4.78 is 5.83. The van der Waals surface area contributed by atoms with Crippen LogP contribution in [0, 0.1) is 0 Å². The van der Waals surface area contributed by atoms with Gasteiger partial charge in [-0.15, -0.1) is 11.3 Å². The van der Waals surface area contributed by atoms with Crippen LogP contribution in [-0.4, -0.2) is 23.4 Å². The number of benzene rings is 1. The number of rotatable bonds is 4. The molecule has 0 unspecified atom stereocenters. The van der Waals surface area contributed by atoms with Crippen LogP contribution in [-0.2, 0) is 0 Å². The molecule has 0 spiro atoms. The zero-order valence-electron chi connectivity index (χ0n) is 9.92. The first-order valence-corrected chi connectivity index (χ1v) is 6.84. The molecule has 0 aliphatic heterocycles. The van der Waals surface area contributed by atoms with Crippen LogP contribution in [0.15, 0.2) is 27.1 Å². The first-order valence-electron chi connectivity index (χ1n) is 5.16. The highest BCUT2D eigenvalue weighted by Gasteiger charge is 2.08. The molecule has 1 aromatic carbocycles. The van der Waals surface area contributed by atoms with Gasteiger partial charge >= 0.3 is 0 Å². The van der Waals surface area contributed by atoms with Gasteiger partial charge < -0.3 is 15.6 Å². The average Bonchev–Trinajstić information content (AvgIpc) is 2.79. The standard InChI is InChI=1S/C11H11BrN4O2S/c1-18-8-3-7(12)2-6(10(8)17)4-14-16-11-15-9(13)5-19-11/h2-5,17H,13H2,1H3,(H,15,16). The van der Waals surface area contributed by atoms with E-state index in [0.29, 0.717) is 22.3 Å². The number of thiazole rings is 1. The van der Waals surface area contributed by atoms with Gasteiger partial charge in [0.2, 0.25) is 5.13 Å². The van der Waals surface area contributed by atoms with E-state index in [1.165, 1.54) is 24.7 Å². The molecule has 0 atom stereocenters. The summed E-state index contributed by atoms with van der Waals surface area (Å²) in [6.45, 7) is 0. The van der Waals surface area contributed by atoms with Crippen molar-refractivity contribution in [1.82, 2.24) is 4.98 Å². The Balaban J connectivity index is 2.16. The van der Waals surface area contributed by atoms with E-state index in [1.54, 1.807) is 17.5 Å². The molecule has 0 saturated carbocycles. The molecule has 0 aliphatic rings. The Bertz CT molecular complexity index is 615. The molecular weight excluding hydrogens is 332 g/mol. The van der Waals surface area contributed by atoms with Crippen LogP contribution in [0.5, 0.6) is 11.5 Å². The zero-order chi connectivity index (χ0) is 13.8. The van der Waals surface area contributed by atoms with Gasteiger partial charge in [0.1, 0.15) is 5.82 Å². The van der Waals surface area contributed by atoms with Crippen molar-refractivity contribution in [2.45, 2.75) is 0 Å². The molecule has 0 saturated heterocycles. The molecule has 0 bridgehead atoms. The third-order valence-electron chi connectivity index (χ3n) is 2.17. The maximum Gasteiger partial charge on any atom is 0.205 e. The summed E-state index contributed by atoms with van der Waals surface area (Å²) in [5, 5.41) is 16.2. The Kier molecular flexibility index (Phi) is 4.23. The quantitative estimate of drug-likeness (QED) is 0.586. The Hall–Kier alpha value is -1.80. The number of hydrogen-bond donors (Lipinski definition) is 3. The van der Waals surface area contributed by atoms with Crippen molar-refractivity contribution in [2.75, 3.05) is 18.3 Å². The monoisotopic (exact) mass is 342 g/mol. The Labute approximate surface area is 122 Å². The second-order valence-electron chi connectivity index (χ2n) is 3.49. The van der Waals surface area contributed by atoms with Crippen molar-refractivity contribution >= 4 is 44.4 Å². The Morgan fingerprint density at radius 1 is 1.58 bits per heavy atom. The highest BCUT2D eigenvalue weighted by Crippen LogP contribution is 2.32. The maximum absolute atomic E-state index is 9.92. The number of ether oxygens (including phenoxy) is 1. The van der Waals surface area contributed by atoms with Gasteiger partial charge in [-0.3, -0.25) is 5.43 Å². The number of methoxy groups -OCH3 is 1. The molecule has 0 fully saturated rings. The summed E-state index contributed by atoms with van der Waals surface area (Å²) >= 11 is 4.67. The highest BCUT2D eigenvalue weighted by atomic mass is 79.9.